The Hall–Kier alpha value is -1.62. The molecular weight excluding hydrogens is 204 g/mol. The summed E-state index contributed by atoms with van der Waals surface area (Å²) in [5.74, 6) is 0.608. The van der Waals surface area contributed by atoms with Crippen molar-refractivity contribution in [2.75, 3.05) is 31.3 Å². The summed E-state index contributed by atoms with van der Waals surface area (Å²) >= 11 is 0. The number of carbonyl (C=O) groups is 1. The fraction of sp³-hybridized carbons (Fsp3) is 0.455. The number of rotatable bonds is 2. The fourth-order valence-corrected chi connectivity index (χ4v) is 1.96. The maximum Gasteiger partial charge on any atom is 0.244 e. The summed E-state index contributed by atoms with van der Waals surface area (Å²) in [6.45, 7) is 0.743. The van der Waals surface area contributed by atoms with E-state index < -0.39 is 0 Å². The van der Waals surface area contributed by atoms with Gasteiger partial charge < -0.3 is 10.6 Å². The van der Waals surface area contributed by atoms with Crippen molar-refractivity contribution >= 4 is 17.4 Å². The zero-order valence-corrected chi connectivity index (χ0v) is 9.55. The van der Waals surface area contributed by atoms with Crippen molar-refractivity contribution in [3.05, 3.63) is 18.3 Å². The lowest BCUT2D eigenvalue weighted by Crippen LogP contribution is -2.37. The van der Waals surface area contributed by atoms with Gasteiger partial charge >= 0.3 is 0 Å². The van der Waals surface area contributed by atoms with E-state index >= 15 is 0 Å². The molecule has 5 nitrogen and oxygen atoms in total. The van der Waals surface area contributed by atoms with Crippen molar-refractivity contribution < 1.29 is 4.79 Å². The third kappa shape index (κ3) is 1.86. The highest BCUT2D eigenvalue weighted by molar-refractivity contribution is 5.99. The third-order valence-corrected chi connectivity index (χ3v) is 2.88. The van der Waals surface area contributed by atoms with Gasteiger partial charge in [-0.2, -0.15) is 0 Å². The summed E-state index contributed by atoms with van der Waals surface area (Å²) in [7, 11) is 3.85. The maximum atomic E-state index is 12.1. The van der Waals surface area contributed by atoms with Gasteiger partial charge in [0.25, 0.3) is 0 Å². The number of anilines is 2. The Labute approximate surface area is 94.9 Å². The van der Waals surface area contributed by atoms with Gasteiger partial charge in [-0.3, -0.25) is 9.69 Å². The molecule has 1 aromatic rings. The van der Waals surface area contributed by atoms with Crippen LogP contribution in [0.25, 0.3) is 0 Å². The molecule has 86 valence electrons. The van der Waals surface area contributed by atoms with Gasteiger partial charge in [0.05, 0.1) is 17.9 Å². The van der Waals surface area contributed by atoms with Crippen molar-refractivity contribution in [1.29, 1.82) is 0 Å². The zero-order valence-electron chi connectivity index (χ0n) is 9.55. The Balaban J connectivity index is 2.18. The van der Waals surface area contributed by atoms with Gasteiger partial charge in [-0.1, -0.05) is 0 Å². The second-order valence-electron chi connectivity index (χ2n) is 4.20. The molecule has 1 aromatic heterocycles. The number of likely N-dealkylation sites (N-methyl/N-ethyl adjacent to an activating group) is 1. The number of nitrogen functional groups attached to an aromatic ring is 1. The van der Waals surface area contributed by atoms with Crippen LogP contribution in [0, 0.1) is 0 Å². The van der Waals surface area contributed by atoms with E-state index in [1.54, 1.807) is 17.2 Å². The lowest BCUT2D eigenvalue weighted by atomic mass is 10.2. The van der Waals surface area contributed by atoms with E-state index in [9.17, 15) is 4.79 Å². The van der Waals surface area contributed by atoms with Gasteiger partial charge in [-0.05, 0) is 32.6 Å². The van der Waals surface area contributed by atoms with Gasteiger partial charge in [0.2, 0.25) is 5.91 Å². The first-order chi connectivity index (χ1) is 7.59. The van der Waals surface area contributed by atoms with E-state index in [1.807, 2.05) is 25.1 Å². The van der Waals surface area contributed by atoms with Crippen LogP contribution in [0.3, 0.4) is 0 Å². The van der Waals surface area contributed by atoms with Crippen LogP contribution in [0.4, 0.5) is 11.5 Å². The Morgan fingerprint density at radius 2 is 2.25 bits per heavy atom. The van der Waals surface area contributed by atoms with E-state index in [1.165, 1.54) is 0 Å². The van der Waals surface area contributed by atoms with Crippen LogP contribution in [-0.2, 0) is 4.79 Å². The number of hydrogen-bond acceptors (Lipinski definition) is 4. The average molecular weight is 220 g/mol. The number of carbonyl (C=O) groups excluding carboxylic acids is 1. The SMILES string of the molecule is CN(C)C1CCN(c2ccc(N)nc2)C1=O. The third-order valence-electron chi connectivity index (χ3n) is 2.88. The van der Waals surface area contributed by atoms with Gasteiger partial charge in [0.1, 0.15) is 5.82 Å². The molecule has 1 aliphatic rings. The molecule has 2 heterocycles. The number of nitrogens with two attached hydrogens (primary N) is 1. The van der Waals surface area contributed by atoms with E-state index in [0.717, 1.165) is 18.7 Å². The smallest absolute Gasteiger partial charge is 0.244 e. The second-order valence-corrected chi connectivity index (χ2v) is 4.20. The van der Waals surface area contributed by atoms with Gasteiger partial charge in [-0.25, -0.2) is 4.98 Å². The molecule has 2 rings (SSSR count). The highest BCUT2D eigenvalue weighted by Gasteiger charge is 2.33. The van der Waals surface area contributed by atoms with Crippen molar-refractivity contribution in [1.82, 2.24) is 9.88 Å². The lowest BCUT2D eigenvalue weighted by molar-refractivity contribution is -0.120. The molecule has 16 heavy (non-hydrogen) atoms. The molecule has 2 N–H and O–H groups in total. The first kappa shape index (κ1) is 10.9. The molecular formula is C11H16N4O. The maximum absolute atomic E-state index is 12.1. The molecule has 0 bridgehead atoms. The molecule has 0 radical (unpaired) electrons. The molecule has 0 aliphatic carbocycles. The molecule has 1 aliphatic heterocycles. The average Bonchev–Trinajstić information content (AvgIpc) is 2.61. The Kier molecular flexibility index (Phi) is 2.78. The largest absolute Gasteiger partial charge is 0.384 e. The topological polar surface area (TPSA) is 62.5 Å². The van der Waals surface area contributed by atoms with Gasteiger partial charge in [0, 0.05) is 6.54 Å². The molecule has 1 amide bonds. The van der Waals surface area contributed by atoms with E-state index in [-0.39, 0.29) is 11.9 Å². The van der Waals surface area contributed by atoms with Crippen molar-refractivity contribution in [2.24, 2.45) is 0 Å². The summed E-state index contributed by atoms with van der Waals surface area (Å²) < 4.78 is 0. The number of hydrogen-bond donors (Lipinski definition) is 1. The molecule has 1 unspecified atom stereocenters. The van der Waals surface area contributed by atoms with E-state index in [2.05, 4.69) is 4.98 Å². The van der Waals surface area contributed by atoms with Crippen LogP contribution in [0.15, 0.2) is 18.3 Å². The minimum atomic E-state index is -0.0162. The molecule has 1 fully saturated rings. The van der Waals surface area contributed by atoms with Crippen LogP contribution >= 0.6 is 0 Å². The normalized spacial score (nSPS) is 20.8. The summed E-state index contributed by atoms with van der Waals surface area (Å²) in [6, 6.07) is 3.53. The van der Waals surface area contributed by atoms with Crippen LogP contribution in [0.5, 0.6) is 0 Å². The quantitative estimate of drug-likeness (QED) is 0.780. The number of aromatic nitrogens is 1. The highest BCUT2D eigenvalue weighted by Crippen LogP contribution is 2.22. The van der Waals surface area contributed by atoms with Crippen LogP contribution in [0.1, 0.15) is 6.42 Å². The van der Waals surface area contributed by atoms with Crippen molar-refractivity contribution in [3.8, 4) is 0 Å². The molecule has 0 aromatic carbocycles. The molecule has 0 spiro atoms. The fourth-order valence-electron chi connectivity index (χ4n) is 1.96. The van der Waals surface area contributed by atoms with Crippen LogP contribution < -0.4 is 10.6 Å². The Bertz CT molecular complexity index is 387. The molecule has 5 heteroatoms. The first-order valence-corrected chi connectivity index (χ1v) is 5.29. The number of nitrogens with zero attached hydrogens (tertiary/aromatic N) is 3. The van der Waals surface area contributed by atoms with Crippen LogP contribution in [0.2, 0.25) is 0 Å². The Morgan fingerprint density at radius 1 is 1.50 bits per heavy atom. The van der Waals surface area contributed by atoms with Crippen molar-refractivity contribution in [2.45, 2.75) is 12.5 Å². The van der Waals surface area contributed by atoms with E-state index in [0.29, 0.717) is 5.82 Å². The minimum Gasteiger partial charge on any atom is -0.384 e. The summed E-state index contributed by atoms with van der Waals surface area (Å²) in [6.07, 6.45) is 2.50. The summed E-state index contributed by atoms with van der Waals surface area (Å²) in [5, 5.41) is 0. The summed E-state index contributed by atoms with van der Waals surface area (Å²) in [5.41, 5.74) is 6.34. The van der Waals surface area contributed by atoms with Crippen LogP contribution in [-0.4, -0.2) is 42.5 Å². The monoisotopic (exact) mass is 220 g/mol. The van der Waals surface area contributed by atoms with Crippen molar-refractivity contribution in [3.63, 3.8) is 0 Å². The first-order valence-electron chi connectivity index (χ1n) is 5.29. The molecule has 1 atom stereocenters. The Morgan fingerprint density at radius 3 is 2.75 bits per heavy atom. The van der Waals surface area contributed by atoms with Gasteiger partial charge in [0.15, 0.2) is 0 Å². The molecule has 1 saturated heterocycles. The predicted molar refractivity (Wildman–Crippen MR) is 63.1 cm³/mol. The number of amides is 1. The minimum absolute atomic E-state index is 0.0162. The second kappa shape index (κ2) is 4.09. The highest BCUT2D eigenvalue weighted by atomic mass is 16.2. The lowest BCUT2D eigenvalue weighted by Gasteiger charge is -2.19. The number of pyridine rings is 1. The van der Waals surface area contributed by atoms with E-state index in [4.69, 9.17) is 5.73 Å². The zero-order chi connectivity index (χ0) is 11.7. The van der Waals surface area contributed by atoms with Gasteiger partial charge in [-0.15, -0.1) is 0 Å². The molecule has 0 saturated carbocycles. The predicted octanol–water partition coefficient (Wildman–Crippen LogP) is 0.331. The summed E-state index contributed by atoms with van der Waals surface area (Å²) in [4.78, 5) is 19.8. The standard InChI is InChI=1S/C11H16N4O/c1-14(2)9-5-6-15(11(9)16)8-3-4-10(12)13-7-8/h3-4,7,9H,5-6H2,1-2H3,(H2,12,13).